The first-order valence-electron chi connectivity index (χ1n) is 5.71. The van der Waals surface area contributed by atoms with E-state index in [2.05, 4.69) is 10.3 Å². The highest BCUT2D eigenvalue weighted by molar-refractivity contribution is 7.89. The van der Waals surface area contributed by atoms with Gasteiger partial charge in [0.15, 0.2) is 0 Å². The summed E-state index contributed by atoms with van der Waals surface area (Å²) in [7, 11) is -1.78. The van der Waals surface area contributed by atoms with Crippen LogP contribution in [0.5, 0.6) is 0 Å². The van der Waals surface area contributed by atoms with Crippen LogP contribution < -0.4 is 10.5 Å². The summed E-state index contributed by atoms with van der Waals surface area (Å²) < 4.78 is 24.5. The van der Waals surface area contributed by atoms with Crippen LogP contribution in [-0.4, -0.2) is 18.0 Å². The molecule has 1 heterocycles. The van der Waals surface area contributed by atoms with Crippen molar-refractivity contribution in [1.29, 1.82) is 0 Å². The fourth-order valence-corrected chi connectivity index (χ4v) is 2.25. The van der Waals surface area contributed by atoms with Crippen molar-refractivity contribution in [2.75, 3.05) is 5.32 Å². The van der Waals surface area contributed by atoms with E-state index in [-0.39, 0.29) is 4.90 Å². The molecule has 1 aromatic heterocycles. The van der Waals surface area contributed by atoms with Crippen molar-refractivity contribution in [1.82, 2.24) is 9.55 Å². The number of nitrogens with two attached hydrogens (primary N) is 1. The molecule has 0 saturated heterocycles. The van der Waals surface area contributed by atoms with Gasteiger partial charge < -0.3 is 9.88 Å². The van der Waals surface area contributed by atoms with Gasteiger partial charge in [-0.3, -0.25) is 0 Å². The highest BCUT2D eigenvalue weighted by Gasteiger charge is 2.10. The summed E-state index contributed by atoms with van der Waals surface area (Å²) in [6, 6.07) is 4.75. The minimum absolute atomic E-state index is 0.0976. The first-order chi connectivity index (χ1) is 8.88. The Morgan fingerprint density at radius 1 is 1.42 bits per heavy atom. The zero-order chi connectivity index (χ0) is 14.0. The van der Waals surface area contributed by atoms with Crippen molar-refractivity contribution < 1.29 is 8.42 Å². The number of rotatable bonds is 4. The Bertz CT molecular complexity index is 692. The highest BCUT2D eigenvalue weighted by atomic mass is 32.2. The third-order valence-corrected chi connectivity index (χ3v) is 3.81. The molecule has 0 radical (unpaired) electrons. The third-order valence-electron chi connectivity index (χ3n) is 2.90. The predicted molar refractivity (Wildman–Crippen MR) is 73.1 cm³/mol. The second kappa shape index (κ2) is 5.02. The van der Waals surface area contributed by atoms with E-state index < -0.39 is 10.0 Å². The summed E-state index contributed by atoms with van der Waals surface area (Å²) in [5, 5.41) is 8.28. The topological polar surface area (TPSA) is 90.0 Å². The van der Waals surface area contributed by atoms with E-state index in [1.807, 2.05) is 24.7 Å². The Hall–Kier alpha value is -1.86. The second-order valence-corrected chi connectivity index (χ2v) is 5.89. The zero-order valence-corrected chi connectivity index (χ0v) is 11.6. The molecule has 0 aliphatic heterocycles. The maximum atomic E-state index is 11.3. The smallest absolute Gasteiger partial charge is 0.238 e. The van der Waals surface area contributed by atoms with E-state index in [4.69, 9.17) is 5.14 Å². The molecule has 3 N–H and O–H groups in total. The summed E-state index contributed by atoms with van der Waals surface area (Å²) in [5.41, 5.74) is 1.68. The summed E-state index contributed by atoms with van der Waals surface area (Å²) >= 11 is 0. The minimum Gasteiger partial charge on any atom is -0.378 e. The van der Waals surface area contributed by atoms with Crippen LogP contribution in [-0.2, 0) is 23.6 Å². The average molecular weight is 280 g/mol. The quantitative estimate of drug-likeness (QED) is 0.873. The highest BCUT2D eigenvalue weighted by Crippen LogP contribution is 2.19. The molecule has 7 heteroatoms. The summed E-state index contributed by atoms with van der Waals surface area (Å²) in [6.07, 6.45) is 3.56. The summed E-state index contributed by atoms with van der Waals surface area (Å²) in [6.45, 7) is 2.41. The Kier molecular flexibility index (Phi) is 3.59. The molecule has 1 aromatic carbocycles. The summed E-state index contributed by atoms with van der Waals surface area (Å²) in [5.74, 6) is 0.861. The van der Waals surface area contributed by atoms with Crippen LogP contribution in [0.3, 0.4) is 0 Å². The molecule has 0 saturated carbocycles. The lowest BCUT2D eigenvalue weighted by molar-refractivity contribution is 0.598. The van der Waals surface area contributed by atoms with Crippen LogP contribution in [0, 0.1) is 6.92 Å². The molecule has 6 nitrogen and oxygen atoms in total. The lowest BCUT2D eigenvalue weighted by atomic mass is 10.2. The number of benzene rings is 1. The molecule has 2 aromatic rings. The van der Waals surface area contributed by atoms with Crippen LogP contribution in [0.1, 0.15) is 11.4 Å². The number of aromatic nitrogens is 2. The Balaban J connectivity index is 2.23. The number of primary sulfonamides is 1. The Morgan fingerprint density at radius 3 is 2.74 bits per heavy atom. The number of imidazole rings is 1. The molecule has 0 unspecified atom stereocenters. The van der Waals surface area contributed by atoms with Gasteiger partial charge in [-0.05, 0) is 24.6 Å². The van der Waals surface area contributed by atoms with Gasteiger partial charge in [-0.15, -0.1) is 0 Å². The summed E-state index contributed by atoms with van der Waals surface area (Å²) in [4.78, 5) is 4.29. The number of nitrogens with one attached hydrogen (secondary N) is 1. The Morgan fingerprint density at radius 2 is 2.16 bits per heavy atom. The fraction of sp³-hybridized carbons (Fsp3) is 0.250. The lowest BCUT2D eigenvalue weighted by Crippen LogP contribution is -2.13. The second-order valence-electron chi connectivity index (χ2n) is 4.33. The number of aryl methyl sites for hydroxylation is 2. The molecule has 102 valence electrons. The number of anilines is 1. The molecular weight excluding hydrogens is 264 g/mol. The van der Waals surface area contributed by atoms with Crippen LogP contribution in [0.4, 0.5) is 5.69 Å². The van der Waals surface area contributed by atoms with Gasteiger partial charge in [-0.2, -0.15) is 0 Å². The molecule has 0 atom stereocenters. The van der Waals surface area contributed by atoms with Crippen molar-refractivity contribution >= 4 is 15.7 Å². The fourth-order valence-electron chi connectivity index (χ4n) is 1.71. The van der Waals surface area contributed by atoms with Gasteiger partial charge in [-0.25, -0.2) is 18.5 Å². The van der Waals surface area contributed by atoms with Gasteiger partial charge in [0.1, 0.15) is 5.82 Å². The average Bonchev–Trinajstić information content (AvgIpc) is 2.72. The van der Waals surface area contributed by atoms with Crippen LogP contribution in [0.2, 0.25) is 0 Å². The van der Waals surface area contributed by atoms with E-state index in [9.17, 15) is 8.42 Å². The van der Waals surface area contributed by atoms with E-state index in [1.54, 1.807) is 12.3 Å². The van der Waals surface area contributed by atoms with Crippen molar-refractivity contribution in [3.8, 4) is 0 Å². The molecule has 19 heavy (non-hydrogen) atoms. The molecule has 0 bridgehead atoms. The molecule has 0 fully saturated rings. The van der Waals surface area contributed by atoms with Crippen molar-refractivity contribution in [3.05, 3.63) is 42.0 Å². The third kappa shape index (κ3) is 3.12. The van der Waals surface area contributed by atoms with Crippen molar-refractivity contribution in [2.24, 2.45) is 12.2 Å². The van der Waals surface area contributed by atoms with Gasteiger partial charge in [0.2, 0.25) is 10.0 Å². The molecular formula is C12H16N4O2S. The largest absolute Gasteiger partial charge is 0.378 e. The van der Waals surface area contributed by atoms with Gasteiger partial charge in [-0.1, -0.05) is 6.07 Å². The normalized spacial score (nSPS) is 11.5. The molecule has 0 spiro atoms. The number of nitrogens with zero attached hydrogens (tertiary/aromatic N) is 2. The zero-order valence-electron chi connectivity index (χ0n) is 10.8. The van der Waals surface area contributed by atoms with Gasteiger partial charge >= 0.3 is 0 Å². The number of hydrogen-bond acceptors (Lipinski definition) is 4. The number of sulfonamides is 1. The Labute approximate surface area is 112 Å². The van der Waals surface area contributed by atoms with E-state index in [0.717, 1.165) is 17.1 Å². The number of hydrogen-bond donors (Lipinski definition) is 2. The first-order valence-corrected chi connectivity index (χ1v) is 7.26. The van der Waals surface area contributed by atoms with E-state index in [0.29, 0.717) is 6.54 Å². The first kappa shape index (κ1) is 13.6. The predicted octanol–water partition coefficient (Wildman–Crippen LogP) is 0.988. The van der Waals surface area contributed by atoms with Crippen molar-refractivity contribution in [3.63, 3.8) is 0 Å². The monoisotopic (exact) mass is 280 g/mol. The SMILES string of the molecule is Cc1ccc(S(N)(=O)=O)cc1NCc1nccn1C. The van der Waals surface area contributed by atoms with Crippen LogP contribution in [0.15, 0.2) is 35.5 Å². The molecule has 2 rings (SSSR count). The van der Waals surface area contributed by atoms with E-state index >= 15 is 0 Å². The molecule has 0 amide bonds. The standard InChI is InChI=1S/C12H16N4O2S/c1-9-3-4-10(19(13,17)18)7-11(9)15-8-12-14-5-6-16(12)2/h3-7,15H,8H2,1-2H3,(H2,13,17,18). The van der Waals surface area contributed by atoms with Crippen LogP contribution in [0.25, 0.3) is 0 Å². The van der Waals surface area contributed by atoms with Crippen molar-refractivity contribution in [2.45, 2.75) is 18.4 Å². The van der Waals surface area contributed by atoms with Gasteiger partial charge in [0.05, 0.1) is 11.4 Å². The van der Waals surface area contributed by atoms with Gasteiger partial charge in [0.25, 0.3) is 0 Å². The lowest BCUT2D eigenvalue weighted by Gasteiger charge is -2.11. The minimum atomic E-state index is -3.68. The van der Waals surface area contributed by atoms with Crippen LogP contribution >= 0.6 is 0 Å². The van der Waals surface area contributed by atoms with Gasteiger partial charge in [0, 0.05) is 25.1 Å². The maximum absolute atomic E-state index is 11.3. The maximum Gasteiger partial charge on any atom is 0.238 e. The molecule has 0 aliphatic carbocycles. The van der Waals surface area contributed by atoms with E-state index in [1.165, 1.54) is 12.1 Å². The molecule has 0 aliphatic rings.